The highest BCUT2D eigenvalue weighted by molar-refractivity contribution is 5.86. The molecule has 4 rings (SSSR count). The molecule has 0 heterocycles. The molecule has 2 aromatic carbocycles. The zero-order valence-electron chi connectivity index (χ0n) is 22.6. The van der Waals surface area contributed by atoms with Crippen LogP contribution in [0.15, 0.2) is 78.9 Å². The first-order valence-electron chi connectivity index (χ1n) is 13.8. The van der Waals surface area contributed by atoms with E-state index in [0.717, 1.165) is 32.1 Å². The van der Waals surface area contributed by atoms with Gasteiger partial charge in [-0.1, -0.05) is 94.1 Å². The highest BCUT2D eigenvalue weighted by Crippen LogP contribution is 2.45. The molecule has 0 N–H and O–H groups in total. The number of aryl methyl sites for hydroxylation is 4. The van der Waals surface area contributed by atoms with E-state index in [-0.39, 0.29) is 0 Å². The molecule has 0 aromatic heterocycles. The quantitative estimate of drug-likeness (QED) is 0.307. The Balaban J connectivity index is 1.45. The van der Waals surface area contributed by atoms with Crippen LogP contribution in [0.4, 0.5) is 0 Å². The van der Waals surface area contributed by atoms with E-state index in [1.165, 1.54) is 69.4 Å². The van der Waals surface area contributed by atoms with Crippen molar-refractivity contribution in [2.75, 3.05) is 0 Å². The molecule has 2 unspecified atom stereocenters. The van der Waals surface area contributed by atoms with Crippen LogP contribution in [0.5, 0.6) is 0 Å². The second-order valence-electron chi connectivity index (χ2n) is 11.3. The summed E-state index contributed by atoms with van der Waals surface area (Å²) in [7, 11) is 0. The van der Waals surface area contributed by atoms with Gasteiger partial charge in [-0.05, 0) is 115 Å². The minimum atomic E-state index is 0.454. The third-order valence-electron chi connectivity index (χ3n) is 8.38. The van der Waals surface area contributed by atoms with Gasteiger partial charge in [0, 0.05) is 5.92 Å². The topological polar surface area (TPSA) is 0 Å². The summed E-state index contributed by atoms with van der Waals surface area (Å²) in [5.74, 6) is 1.47. The summed E-state index contributed by atoms with van der Waals surface area (Å²) in [5.41, 5.74) is 13.8. The fourth-order valence-electron chi connectivity index (χ4n) is 6.10. The second-order valence-corrected chi connectivity index (χ2v) is 11.3. The minimum absolute atomic E-state index is 0.454. The van der Waals surface area contributed by atoms with Crippen molar-refractivity contribution in [2.24, 2.45) is 11.8 Å². The zero-order valence-corrected chi connectivity index (χ0v) is 22.6. The maximum absolute atomic E-state index is 4.61. The summed E-state index contributed by atoms with van der Waals surface area (Å²) < 4.78 is 0. The molecule has 2 aromatic rings. The molecule has 0 aliphatic heterocycles. The maximum atomic E-state index is 4.61. The molecule has 0 fully saturated rings. The predicted octanol–water partition coefficient (Wildman–Crippen LogP) is 9.73. The summed E-state index contributed by atoms with van der Waals surface area (Å²) in [4.78, 5) is 0. The molecule has 0 radical (unpaired) electrons. The molecule has 0 amide bonds. The smallest absolute Gasteiger partial charge is 0.00309 e. The molecule has 2 aliphatic rings. The summed E-state index contributed by atoms with van der Waals surface area (Å²) in [6, 6.07) is 13.9. The van der Waals surface area contributed by atoms with Gasteiger partial charge in [0.05, 0.1) is 0 Å². The number of rotatable bonds is 10. The molecular formula is C35H44. The van der Waals surface area contributed by atoms with Gasteiger partial charge < -0.3 is 0 Å². The predicted molar refractivity (Wildman–Crippen MR) is 154 cm³/mol. The molecule has 0 saturated heterocycles. The van der Waals surface area contributed by atoms with Gasteiger partial charge in [0.2, 0.25) is 0 Å². The number of benzene rings is 2. The molecular weight excluding hydrogens is 420 g/mol. The van der Waals surface area contributed by atoms with E-state index >= 15 is 0 Å². The standard InChI is InChI=1S/C35H44/c1-8-29-20-33(27(7)34-21-30-13-10-14-31(30)22-35(29)34)26(6)19-32(23(2)3)25(5)11-9-12-28-17-15-24(4)16-18-28/h15-18,20-23,29,32H,5-14,19H2,1-4H3. The van der Waals surface area contributed by atoms with Gasteiger partial charge in [0.25, 0.3) is 0 Å². The molecule has 2 atom stereocenters. The number of hydrogen-bond acceptors (Lipinski definition) is 0. The van der Waals surface area contributed by atoms with Gasteiger partial charge in [-0.2, -0.15) is 0 Å². The van der Waals surface area contributed by atoms with Crippen molar-refractivity contribution < 1.29 is 0 Å². The van der Waals surface area contributed by atoms with Gasteiger partial charge in [-0.25, -0.2) is 0 Å². The lowest BCUT2D eigenvalue weighted by molar-refractivity contribution is 0.428. The van der Waals surface area contributed by atoms with Crippen molar-refractivity contribution in [3.05, 3.63) is 112 Å². The Morgan fingerprint density at radius 2 is 1.71 bits per heavy atom. The second kappa shape index (κ2) is 11.0. The van der Waals surface area contributed by atoms with E-state index in [2.05, 4.69) is 89.9 Å². The van der Waals surface area contributed by atoms with E-state index in [1.54, 1.807) is 5.56 Å². The molecule has 0 spiro atoms. The number of allylic oxidation sites excluding steroid dienone is 5. The molecule has 0 bridgehead atoms. The van der Waals surface area contributed by atoms with Crippen molar-refractivity contribution in [2.45, 2.75) is 85.0 Å². The van der Waals surface area contributed by atoms with Crippen molar-refractivity contribution in [1.82, 2.24) is 0 Å². The zero-order chi connectivity index (χ0) is 25.1. The summed E-state index contributed by atoms with van der Waals surface area (Å²) in [6.45, 7) is 22.9. The lowest BCUT2D eigenvalue weighted by Crippen LogP contribution is -2.15. The van der Waals surface area contributed by atoms with Crippen LogP contribution in [-0.4, -0.2) is 0 Å². The Bertz CT molecular complexity index is 1140. The third kappa shape index (κ3) is 5.64. The Labute approximate surface area is 214 Å². The van der Waals surface area contributed by atoms with Crippen molar-refractivity contribution in [3.8, 4) is 0 Å². The Morgan fingerprint density at radius 1 is 1.03 bits per heavy atom. The SMILES string of the molecule is C=C(CC(C(=C)CCCc1ccc(C)cc1)C(C)C)C1=CC(CC)c2cc3c(cc2C1=C)CCC3. The summed E-state index contributed by atoms with van der Waals surface area (Å²) >= 11 is 0. The van der Waals surface area contributed by atoms with Gasteiger partial charge in [-0.15, -0.1) is 0 Å². The van der Waals surface area contributed by atoms with Crippen LogP contribution in [-0.2, 0) is 19.3 Å². The van der Waals surface area contributed by atoms with Gasteiger partial charge in [0.15, 0.2) is 0 Å². The first-order valence-corrected chi connectivity index (χ1v) is 13.8. The first kappa shape index (κ1) is 25.5. The van der Waals surface area contributed by atoms with Gasteiger partial charge in [0.1, 0.15) is 0 Å². The van der Waals surface area contributed by atoms with Crippen molar-refractivity contribution >= 4 is 5.57 Å². The highest BCUT2D eigenvalue weighted by Gasteiger charge is 2.28. The van der Waals surface area contributed by atoms with E-state index in [9.17, 15) is 0 Å². The van der Waals surface area contributed by atoms with Crippen molar-refractivity contribution in [3.63, 3.8) is 0 Å². The van der Waals surface area contributed by atoms with Gasteiger partial charge in [-0.3, -0.25) is 0 Å². The van der Waals surface area contributed by atoms with E-state index in [1.807, 2.05) is 0 Å². The first-order chi connectivity index (χ1) is 16.8. The van der Waals surface area contributed by atoms with E-state index < -0.39 is 0 Å². The lowest BCUT2D eigenvalue weighted by Gasteiger charge is -2.30. The van der Waals surface area contributed by atoms with Crippen LogP contribution >= 0.6 is 0 Å². The van der Waals surface area contributed by atoms with Crippen LogP contribution in [0.2, 0.25) is 0 Å². The monoisotopic (exact) mass is 464 g/mol. The van der Waals surface area contributed by atoms with E-state index in [0.29, 0.717) is 17.8 Å². The molecule has 2 aliphatic carbocycles. The Kier molecular flexibility index (Phi) is 8.00. The van der Waals surface area contributed by atoms with E-state index in [4.69, 9.17) is 0 Å². The summed E-state index contributed by atoms with van der Waals surface area (Å²) in [5, 5.41) is 0. The molecule has 0 heteroatoms. The molecule has 0 nitrogen and oxygen atoms in total. The maximum Gasteiger partial charge on any atom is 0.00309 e. The van der Waals surface area contributed by atoms with Crippen LogP contribution < -0.4 is 0 Å². The fourth-order valence-corrected chi connectivity index (χ4v) is 6.10. The normalized spacial score (nSPS) is 17.7. The minimum Gasteiger partial charge on any atom is -0.0996 e. The number of hydrogen-bond donors (Lipinski definition) is 0. The fraction of sp³-hybridized carbons (Fsp3) is 0.429. The number of fused-ring (bicyclic) bond motifs is 2. The lowest BCUT2D eigenvalue weighted by atomic mass is 9.74. The third-order valence-corrected chi connectivity index (χ3v) is 8.38. The average molecular weight is 465 g/mol. The van der Waals surface area contributed by atoms with Crippen LogP contribution in [0.3, 0.4) is 0 Å². The Morgan fingerprint density at radius 3 is 2.37 bits per heavy atom. The van der Waals surface area contributed by atoms with Crippen molar-refractivity contribution in [1.29, 1.82) is 0 Å². The molecule has 184 valence electrons. The van der Waals surface area contributed by atoms with Crippen LogP contribution in [0.1, 0.15) is 92.2 Å². The van der Waals surface area contributed by atoms with Crippen LogP contribution in [0, 0.1) is 18.8 Å². The molecule has 0 saturated carbocycles. The van der Waals surface area contributed by atoms with Crippen LogP contribution in [0.25, 0.3) is 5.57 Å². The summed E-state index contributed by atoms with van der Waals surface area (Å²) in [6.07, 6.45) is 11.6. The highest BCUT2D eigenvalue weighted by atomic mass is 14.3. The van der Waals surface area contributed by atoms with Gasteiger partial charge >= 0.3 is 0 Å². The molecule has 35 heavy (non-hydrogen) atoms. The average Bonchev–Trinajstić information content (AvgIpc) is 3.30. The Hall–Kier alpha value is -2.60. The largest absolute Gasteiger partial charge is 0.0996 e.